The summed E-state index contributed by atoms with van der Waals surface area (Å²) in [6.45, 7) is 5.02. The van der Waals surface area contributed by atoms with Gasteiger partial charge in [-0.1, -0.05) is 18.2 Å². The van der Waals surface area contributed by atoms with Gasteiger partial charge in [-0.05, 0) is 50.1 Å². The van der Waals surface area contributed by atoms with Gasteiger partial charge in [-0.3, -0.25) is 19.3 Å². The summed E-state index contributed by atoms with van der Waals surface area (Å²) < 4.78 is 1.76. The van der Waals surface area contributed by atoms with Crippen molar-refractivity contribution in [1.82, 2.24) is 30.3 Å². The van der Waals surface area contributed by atoms with E-state index in [0.717, 1.165) is 32.8 Å². The Hall–Kier alpha value is -4.01. The van der Waals surface area contributed by atoms with E-state index in [1.807, 2.05) is 49.6 Å². The number of aryl methyl sites for hydroxylation is 1. The summed E-state index contributed by atoms with van der Waals surface area (Å²) in [5.74, 6) is -0.826. The third-order valence-corrected chi connectivity index (χ3v) is 5.65. The monoisotopic (exact) mass is 446 g/mol. The Morgan fingerprint density at radius 3 is 2.55 bits per heavy atom. The molecule has 1 saturated heterocycles. The average Bonchev–Trinajstić information content (AvgIpc) is 3.28. The summed E-state index contributed by atoms with van der Waals surface area (Å²) in [6, 6.07) is 10.1. The first-order valence-corrected chi connectivity index (χ1v) is 10.6. The van der Waals surface area contributed by atoms with Crippen LogP contribution in [0.1, 0.15) is 26.3 Å². The first kappa shape index (κ1) is 22.2. The van der Waals surface area contributed by atoms with Crippen LogP contribution in [0.2, 0.25) is 0 Å². The van der Waals surface area contributed by atoms with Crippen molar-refractivity contribution in [2.45, 2.75) is 38.9 Å². The molecule has 3 aromatic rings. The van der Waals surface area contributed by atoms with Crippen molar-refractivity contribution in [1.29, 1.82) is 0 Å². The fraction of sp³-hybridized carbons (Fsp3) is 0.292. The minimum Gasteiger partial charge on any atom is -0.350 e. The summed E-state index contributed by atoms with van der Waals surface area (Å²) in [7, 11) is 1.87. The van der Waals surface area contributed by atoms with E-state index in [4.69, 9.17) is 0 Å². The molecule has 1 unspecified atom stereocenters. The predicted octanol–water partition coefficient (Wildman–Crippen LogP) is 2.48. The van der Waals surface area contributed by atoms with Gasteiger partial charge in [0.15, 0.2) is 0 Å². The molecule has 3 heterocycles. The van der Waals surface area contributed by atoms with E-state index < -0.39 is 29.4 Å². The maximum atomic E-state index is 12.7. The van der Waals surface area contributed by atoms with E-state index in [2.05, 4.69) is 20.7 Å². The number of imide groups is 1. The van der Waals surface area contributed by atoms with Crippen molar-refractivity contribution in [2.24, 2.45) is 7.05 Å². The fourth-order valence-corrected chi connectivity index (χ4v) is 3.85. The number of benzene rings is 1. The molecule has 9 heteroatoms. The van der Waals surface area contributed by atoms with Crippen molar-refractivity contribution >= 4 is 17.8 Å². The summed E-state index contributed by atoms with van der Waals surface area (Å²) >= 11 is 0. The van der Waals surface area contributed by atoms with Crippen molar-refractivity contribution in [3.05, 3.63) is 60.6 Å². The number of aromatic nitrogens is 3. The molecule has 2 aromatic heterocycles. The van der Waals surface area contributed by atoms with Gasteiger partial charge in [-0.2, -0.15) is 5.10 Å². The third-order valence-electron chi connectivity index (χ3n) is 5.65. The number of nitrogens with zero attached hydrogens (tertiary/aromatic N) is 4. The van der Waals surface area contributed by atoms with Gasteiger partial charge in [-0.25, -0.2) is 9.69 Å². The normalized spacial score (nSPS) is 15.9. The molecule has 4 rings (SSSR count). The van der Waals surface area contributed by atoms with Crippen molar-refractivity contribution in [3.8, 4) is 22.4 Å². The Bertz CT molecular complexity index is 1220. The summed E-state index contributed by atoms with van der Waals surface area (Å²) in [6.07, 6.45) is 5.44. The minimum atomic E-state index is -1.02. The zero-order valence-corrected chi connectivity index (χ0v) is 19.0. The van der Waals surface area contributed by atoms with Crippen LogP contribution in [0.15, 0.2) is 55.0 Å². The lowest BCUT2D eigenvalue weighted by molar-refractivity contribution is -0.137. The van der Waals surface area contributed by atoms with Crippen LogP contribution in [0.3, 0.4) is 0 Å². The van der Waals surface area contributed by atoms with Gasteiger partial charge in [0.1, 0.15) is 17.3 Å². The third kappa shape index (κ3) is 4.34. The molecule has 0 bridgehead atoms. The van der Waals surface area contributed by atoms with Gasteiger partial charge >= 0.3 is 6.03 Å². The standard InChI is InChI=1S/C24H26N6O3/c1-15(30-22(32)24(2,3)27-23(30)33)21(31)26-13-16-6-5-7-18(12-16)20-19(14-29(4)28-20)17-8-10-25-11-9-17/h5-12,14-15H,13H2,1-4H3,(H,26,31)(H,27,33). The van der Waals surface area contributed by atoms with Gasteiger partial charge in [0, 0.05) is 43.3 Å². The lowest BCUT2D eigenvalue weighted by Crippen LogP contribution is -2.49. The van der Waals surface area contributed by atoms with Crippen LogP contribution >= 0.6 is 0 Å². The maximum absolute atomic E-state index is 12.7. The topological polar surface area (TPSA) is 109 Å². The Balaban J connectivity index is 1.50. The molecule has 0 aliphatic carbocycles. The molecule has 2 N–H and O–H groups in total. The summed E-state index contributed by atoms with van der Waals surface area (Å²) in [4.78, 5) is 42.4. The number of carbonyl (C=O) groups excluding carboxylic acids is 3. The highest BCUT2D eigenvalue weighted by atomic mass is 16.2. The second kappa shape index (κ2) is 8.50. The molecule has 33 heavy (non-hydrogen) atoms. The van der Waals surface area contributed by atoms with Crippen LogP contribution in [0.25, 0.3) is 22.4 Å². The number of hydrogen-bond donors (Lipinski definition) is 2. The van der Waals surface area contributed by atoms with Crippen LogP contribution in [-0.4, -0.2) is 49.1 Å². The Morgan fingerprint density at radius 1 is 1.15 bits per heavy atom. The molecule has 1 aliphatic heterocycles. The van der Waals surface area contributed by atoms with Crippen LogP contribution < -0.4 is 10.6 Å². The van der Waals surface area contributed by atoms with Crippen LogP contribution in [0, 0.1) is 0 Å². The predicted molar refractivity (Wildman–Crippen MR) is 123 cm³/mol. The number of amides is 4. The minimum absolute atomic E-state index is 0.251. The Kier molecular flexibility index (Phi) is 5.71. The van der Waals surface area contributed by atoms with Gasteiger partial charge in [0.2, 0.25) is 5.91 Å². The lowest BCUT2D eigenvalue weighted by Gasteiger charge is -2.22. The number of pyridine rings is 1. The second-order valence-electron chi connectivity index (χ2n) is 8.63. The van der Waals surface area contributed by atoms with Gasteiger partial charge < -0.3 is 10.6 Å². The SMILES string of the molecule is CC(C(=O)NCc1cccc(-c2nn(C)cc2-c2ccncc2)c1)N1C(=O)NC(C)(C)C1=O. The van der Waals surface area contributed by atoms with Crippen molar-refractivity contribution < 1.29 is 14.4 Å². The molecule has 1 atom stereocenters. The molecular formula is C24H26N6O3. The molecule has 1 aliphatic rings. The second-order valence-corrected chi connectivity index (χ2v) is 8.63. The van der Waals surface area contributed by atoms with E-state index >= 15 is 0 Å². The number of carbonyl (C=O) groups is 3. The highest BCUT2D eigenvalue weighted by Crippen LogP contribution is 2.31. The highest BCUT2D eigenvalue weighted by molar-refractivity contribution is 6.09. The van der Waals surface area contributed by atoms with E-state index in [1.165, 1.54) is 0 Å². The van der Waals surface area contributed by atoms with Gasteiger partial charge in [-0.15, -0.1) is 0 Å². The zero-order valence-electron chi connectivity index (χ0n) is 19.0. The molecule has 4 amide bonds. The summed E-state index contributed by atoms with van der Waals surface area (Å²) in [5, 5.41) is 10.0. The van der Waals surface area contributed by atoms with Crippen molar-refractivity contribution in [2.75, 3.05) is 0 Å². The van der Waals surface area contributed by atoms with Gasteiger partial charge in [0.05, 0.1) is 0 Å². The molecule has 0 saturated carbocycles. The first-order valence-electron chi connectivity index (χ1n) is 10.6. The average molecular weight is 447 g/mol. The zero-order chi connectivity index (χ0) is 23.8. The number of nitrogens with one attached hydrogen (secondary N) is 2. The lowest BCUT2D eigenvalue weighted by atomic mass is 10.0. The molecule has 0 radical (unpaired) electrons. The maximum Gasteiger partial charge on any atom is 0.325 e. The summed E-state index contributed by atoms with van der Waals surface area (Å²) in [5.41, 5.74) is 3.59. The molecule has 1 aromatic carbocycles. The molecule has 0 spiro atoms. The molecule has 170 valence electrons. The number of urea groups is 1. The van der Waals surface area contributed by atoms with Gasteiger partial charge in [0.25, 0.3) is 5.91 Å². The molecular weight excluding hydrogens is 420 g/mol. The Morgan fingerprint density at radius 2 is 1.88 bits per heavy atom. The van der Waals surface area contributed by atoms with Crippen LogP contribution in [0.4, 0.5) is 4.79 Å². The Labute approximate surface area is 191 Å². The van der Waals surface area contributed by atoms with E-state index in [0.29, 0.717) is 0 Å². The van der Waals surface area contributed by atoms with Crippen LogP contribution in [-0.2, 0) is 23.2 Å². The number of hydrogen-bond acceptors (Lipinski definition) is 5. The molecule has 1 fully saturated rings. The van der Waals surface area contributed by atoms with E-state index in [1.54, 1.807) is 37.8 Å². The van der Waals surface area contributed by atoms with E-state index in [-0.39, 0.29) is 6.54 Å². The molecule has 9 nitrogen and oxygen atoms in total. The van der Waals surface area contributed by atoms with E-state index in [9.17, 15) is 14.4 Å². The highest BCUT2D eigenvalue weighted by Gasteiger charge is 2.47. The number of rotatable bonds is 6. The fourth-order valence-electron chi connectivity index (χ4n) is 3.85. The quantitative estimate of drug-likeness (QED) is 0.566. The van der Waals surface area contributed by atoms with Crippen molar-refractivity contribution in [3.63, 3.8) is 0 Å². The smallest absolute Gasteiger partial charge is 0.325 e. The van der Waals surface area contributed by atoms with Crippen LogP contribution in [0.5, 0.6) is 0 Å². The largest absolute Gasteiger partial charge is 0.350 e. The first-order chi connectivity index (χ1) is 15.7.